The first-order valence-corrected chi connectivity index (χ1v) is 6.65. The second-order valence-corrected chi connectivity index (χ2v) is 5.25. The maximum atomic E-state index is 10.5. The molecule has 1 N–H and O–H groups in total. The van der Waals surface area contributed by atoms with Crippen molar-refractivity contribution in [1.29, 1.82) is 0 Å². The van der Waals surface area contributed by atoms with Gasteiger partial charge < -0.3 is 14.6 Å². The summed E-state index contributed by atoms with van der Waals surface area (Å²) in [6.45, 7) is 6.82. The van der Waals surface area contributed by atoms with Crippen molar-refractivity contribution < 1.29 is 14.6 Å². The molecule has 0 amide bonds. The van der Waals surface area contributed by atoms with Gasteiger partial charge in [0, 0.05) is 12.2 Å². The van der Waals surface area contributed by atoms with E-state index in [0.29, 0.717) is 5.92 Å². The Labute approximate surface area is 109 Å². The summed E-state index contributed by atoms with van der Waals surface area (Å²) in [4.78, 5) is 0. The number of para-hydroxylation sites is 1. The van der Waals surface area contributed by atoms with Crippen LogP contribution in [0.2, 0.25) is 0 Å². The van der Waals surface area contributed by atoms with Crippen LogP contribution in [-0.4, -0.2) is 23.9 Å². The molecule has 3 heteroatoms. The van der Waals surface area contributed by atoms with Crippen molar-refractivity contribution in [2.45, 2.75) is 45.5 Å². The minimum atomic E-state index is -0.613. The van der Waals surface area contributed by atoms with E-state index in [4.69, 9.17) is 9.47 Å². The van der Waals surface area contributed by atoms with Gasteiger partial charge in [0.25, 0.3) is 0 Å². The van der Waals surface area contributed by atoms with Crippen LogP contribution >= 0.6 is 0 Å². The van der Waals surface area contributed by atoms with Gasteiger partial charge in [-0.3, -0.25) is 0 Å². The predicted molar refractivity (Wildman–Crippen MR) is 70.7 cm³/mol. The first-order chi connectivity index (χ1) is 8.59. The summed E-state index contributed by atoms with van der Waals surface area (Å²) in [5.74, 6) is 1.13. The number of ether oxygens (including phenoxy) is 2. The molecule has 3 unspecified atom stereocenters. The van der Waals surface area contributed by atoms with Crippen LogP contribution in [0.25, 0.3) is 0 Å². The second kappa shape index (κ2) is 5.72. The number of hydrogen-bond donors (Lipinski definition) is 1. The minimum Gasteiger partial charge on any atom is -0.491 e. The summed E-state index contributed by atoms with van der Waals surface area (Å²) < 4.78 is 11.4. The lowest BCUT2D eigenvalue weighted by atomic mass is 9.94. The molecule has 3 nitrogen and oxygen atoms in total. The molecule has 1 saturated heterocycles. The maximum absolute atomic E-state index is 10.5. The molecule has 1 aliphatic heterocycles. The average Bonchev–Trinajstić information content (AvgIpc) is 2.74. The fourth-order valence-electron chi connectivity index (χ4n) is 2.38. The third-order valence-corrected chi connectivity index (χ3v) is 3.36. The van der Waals surface area contributed by atoms with Crippen molar-refractivity contribution in [3.05, 3.63) is 29.8 Å². The molecule has 0 aromatic heterocycles. The zero-order chi connectivity index (χ0) is 13.1. The topological polar surface area (TPSA) is 38.7 Å². The van der Waals surface area contributed by atoms with E-state index in [0.717, 1.165) is 24.3 Å². The zero-order valence-corrected chi connectivity index (χ0v) is 11.3. The Bertz CT molecular complexity index is 389. The summed E-state index contributed by atoms with van der Waals surface area (Å²) in [7, 11) is 0. The van der Waals surface area contributed by atoms with E-state index in [1.807, 2.05) is 38.1 Å². The monoisotopic (exact) mass is 250 g/mol. The quantitative estimate of drug-likeness (QED) is 0.893. The third-order valence-electron chi connectivity index (χ3n) is 3.36. The van der Waals surface area contributed by atoms with E-state index >= 15 is 0 Å². The molecular weight excluding hydrogens is 228 g/mol. The Hall–Kier alpha value is -1.06. The van der Waals surface area contributed by atoms with Gasteiger partial charge in [-0.15, -0.1) is 0 Å². The fraction of sp³-hybridized carbons (Fsp3) is 0.600. The van der Waals surface area contributed by atoms with E-state index in [9.17, 15) is 5.11 Å². The van der Waals surface area contributed by atoms with Gasteiger partial charge in [-0.25, -0.2) is 0 Å². The van der Waals surface area contributed by atoms with Crippen LogP contribution in [-0.2, 0) is 4.74 Å². The van der Waals surface area contributed by atoms with Crippen LogP contribution < -0.4 is 4.74 Å². The van der Waals surface area contributed by atoms with Gasteiger partial charge in [0.15, 0.2) is 0 Å². The van der Waals surface area contributed by atoms with Crippen LogP contribution in [0, 0.1) is 5.92 Å². The van der Waals surface area contributed by atoms with E-state index in [1.54, 1.807) is 0 Å². The van der Waals surface area contributed by atoms with Crippen LogP contribution in [0.15, 0.2) is 24.3 Å². The summed E-state index contributed by atoms with van der Waals surface area (Å²) in [5.41, 5.74) is 0.824. The molecular formula is C15H22O3. The number of aliphatic hydroxyl groups excluding tert-OH is 1. The minimum absolute atomic E-state index is 0.0975. The molecule has 1 aliphatic rings. The Kier molecular flexibility index (Phi) is 4.25. The highest BCUT2D eigenvalue weighted by atomic mass is 16.5. The zero-order valence-electron chi connectivity index (χ0n) is 11.3. The number of rotatable bonds is 4. The smallest absolute Gasteiger partial charge is 0.125 e. The highest BCUT2D eigenvalue weighted by Crippen LogP contribution is 2.35. The van der Waals surface area contributed by atoms with Crippen LogP contribution in [0.5, 0.6) is 5.75 Å². The highest BCUT2D eigenvalue weighted by molar-refractivity contribution is 5.36. The molecule has 100 valence electrons. The lowest BCUT2D eigenvalue weighted by Crippen LogP contribution is -2.24. The Morgan fingerprint density at radius 1 is 1.33 bits per heavy atom. The average molecular weight is 250 g/mol. The molecule has 3 atom stereocenters. The molecule has 0 aliphatic carbocycles. The fourth-order valence-corrected chi connectivity index (χ4v) is 2.38. The van der Waals surface area contributed by atoms with Gasteiger partial charge in [0.2, 0.25) is 0 Å². The van der Waals surface area contributed by atoms with Crippen LogP contribution in [0.1, 0.15) is 38.9 Å². The standard InChI is InChI=1S/C15H22O3/c1-10(2)18-13-7-5-4-6-12(13)14(16)15-11(3)8-9-17-15/h4-7,10-11,14-16H,8-9H2,1-3H3. The molecule has 0 spiro atoms. The Morgan fingerprint density at radius 2 is 2.06 bits per heavy atom. The Balaban J connectivity index is 2.21. The highest BCUT2D eigenvalue weighted by Gasteiger charge is 2.33. The third kappa shape index (κ3) is 2.85. The molecule has 1 fully saturated rings. The van der Waals surface area contributed by atoms with E-state index in [-0.39, 0.29) is 12.2 Å². The number of benzene rings is 1. The molecule has 0 bridgehead atoms. The van der Waals surface area contributed by atoms with Gasteiger partial charge in [-0.2, -0.15) is 0 Å². The number of aliphatic hydroxyl groups is 1. The van der Waals surface area contributed by atoms with Crippen LogP contribution in [0.3, 0.4) is 0 Å². The summed E-state index contributed by atoms with van der Waals surface area (Å²) in [6, 6.07) is 7.66. The summed E-state index contributed by atoms with van der Waals surface area (Å²) >= 11 is 0. The molecule has 0 saturated carbocycles. The van der Waals surface area contributed by atoms with E-state index < -0.39 is 6.10 Å². The summed E-state index contributed by atoms with van der Waals surface area (Å²) in [5, 5.41) is 10.5. The number of hydrogen-bond acceptors (Lipinski definition) is 3. The summed E-state index contributed by atoms with van der Waals surface area (Å²) in [6.07, 6.45) is 0.370. The van der Waals surface area contributed by atoms with Crippen molar-refractivity contribution in [2.75, 3.05) is 6.61 Å². The first kappa shape index (κ1) is 13.4. The van der Waals surface area contributed by atoms with Gasteiger partial charge in [-0.1, -0.05) is 25.1 Å². The second-order valence-electron chi connectivity index (χ2n) is 5.25. The van der Waals surface area contributed by atoms with Crippen molar-refractivity contribution >= 4 is 0 Å². The van der Waals surface area contributed by atoms with E-state index in [2.05, 4.69) is 6.92 Å². The normalized spacial score (nSPS) is 25.4. The van der Waals surface area contributed by atoms with Crippen molar-refractivity contribution in [2.24, 2.45) is 5.92 Å². The van der Waals surface area contributed by atoms with Crippen molar-refractivity contribution in [3.63, 3.8) is 0 Å². The molecule has 1 heterocycles. The molecule has 18 heavy (non-hydrogen) atoms. The first-order valence-electron chi connectivity index (χ1n) is 6.65. The van der Waals surface area contributed by atoms with Crippen molar-refractivity contribution in [1.82, 2.24) is 0 Å². The van der Waals surface area contributed by atoms with Crippen LogP contribution in [0.4, 0.5) is 0 Å². The van der Waals surface area contributed by atoms with E-state index in [1.165, 1.54) is 0 Å². The Morgan fingerprint density at radius 3 is 2.67 bits per heavy atom. The predicted octanol–water partition coefficient (Wildman–Crippen LogP) is 2.93. The maximum Gasteiger partial charge on any atom is 0.125 e. The largest absolute Gasteiger partial charge is 0.491 e. The van der Waals surface area contributed by atoms with Crippen molar-refractivity contribution in [3.8, 4) is 5.75 Å². The van der Waals surface area contributed by atoms with Gasteiger partial charge in [-0.05, 0) is 32.3 Å². The lowest BCUT2D eigenvalue weighted by Gasteiger charge is -2.24. The van der Waals surface area contributed by atoms with Gasteiger partial charge in [0.1, 0.15) is 11.9 Å². The SMILES string of the molecule is CC(C)Oc1ccccc1C(O)C1OCCC1C. The van der Waals surface area contributed by atoms with Gasteiger partial charge >= 0.3 is 0 Å². The molecule has 2 rings (SSSR count). The van der Waals surface area contributed by atoms with Gasteiger partial charge in [0.05, 0.1) is 12.2 Å². The molecule has 0 radical (unpaired) electrons. The molecule has 1 aromatic rings. The molecule has 1 aromatic carbocycles. The lowest BCUT2D eigenvalue weighted by molar-refractivity contribution is -0.0192.